The molecule has 8 nitrogen and oxygen atoms in total. The molecular formula is C22H18ClFN6O2S. The number of pyridine rings is 1. The van der Waals surface area contributed by atoms with Gasteiger partial charge in [0.05, 0.1) is 9.92 Å². The van der Waals surface area contributed by atoms with Crippen LogP contribution in [0.25, 0.3) is 0 Å². The fraction of sp³-hybridized carbons (Fsp3) is 0.0455. The molecule has 4 aromatic rings. The minimum Gasteiger partial charge on any atom is -0.340 e. The molecule has 0 aliphatic carbocycles. The van der Waals surface area contributed by atoms with E-state index in [4.69, 9.17) is 11.6 Å². The van der Waals surface area contributed by atoms with Crippen molar-refractivity contribution in [1.29, 1.82) is 0 Å². The second-order valence-electron chi connectivity index (χ2n) is 7.02. The van der Waals surface area contributed by atoms with Gasteiger partial charge in [0, 0.05) is 23.6 Å². The Bertz CT molecular complexity index is 1400. The van der Waals surface area contributed by atoms with Gasteiger partial charge in [0.15, 0.2) is 0 Å². The third-order valence-corrected chi connectivity index (χ3v) is 6.12. The third kappa shape index (κ3) is 5.73. The zero-order chi connectivity index (χ0) is 23.4. The van der Waals surface area contributed by atoms with E-state index in [1.165, 1.54) is 6.33 Å². The van der Waals surface area contributed by atoms with Crippen LogP contribution in [0.15, 0.2) is 78.1 Å². The molecule has 0 bridgehead atoms. The summed E-state index contributed by atoms with van der Waals surface area (Å²) in [4.78, 5) is 12.5. The summed E-state index contributed by atoms with van der Waals surface area (Å²) in [7, 11) is -3.92. The number of halogens is 2. The number of aromatic nitrogens is 3. The number of sulfonamides is 1. The minimum atomic E-state index is -3.92. The van der Waals surface area contributed by atoms with Gasteiger partial charge in [-0.1, -0.05) is 11.6 Å². The lowest BCUT2D eigenvalue weighted by Crippen LogP contribution is -2.13. The molecule has 4 rings (SSSR count). The first-order valence-corrected chi connectivity index (χ1v) is 11.5. The first-order chi connectivity index (χ1) is 15.8. The highest BCUT2D eigenvalue weighted by molar-refractivity contribution is 7.92. The van der Waals surface area contributed by atoms with Gasteiger partial charge in [-0.05, 0) is 67.1 Å². The molecule has 2 aromatic heterocycles. The smallest absolute Gasteiger partial charge is 0.261 e. The number of benzene rings is 2. The Kier molecular flexibility index (Phi) is 6.38. The van der Waals surface area contributed by atoms with Gasteiger partial charge in [0.2, 0.25) is 0 Å². The summed E-state index contributed by atoms with van der Waals surface area (Å²) in [5, 5.41) is 5.98. The average Bonchev–Trinajstić information content (AvgIpc) is 2.77. The van der Waals surface area contributed by atoms with Crippen LogP contribution in [0.3, 0.4) is 0 Å². The Balaban J connectivity index is 1.44. The van der Waals surface area contributed by atoms with Crippen molar-refractivity contribution >= 4 is 50.5 Å². The van der Waals surface area contributed by atoms with E-state index < -0.39 is 15.8 Å². The molecule has 0 amide bonds. The minimum absolute atomic E-state index is 0.139. The molecule has 0 atom stereocenters. The summed E-state index contributed by atoms with van der Waals surface area (Å²) in [5.41, 5.74) is 2.08. The Morgan fingerprint density at radius 3 is 2.18 bits per heavy atom. The van der Waals surface area contributed by atoms with Crippen molar-refractivity contribution in [3.63, 3.8) is 0 Å². The van der Waals surface area contributed by atoms with Crippen molar-refractivity contribution in [2.75, 3.05) is 15.4 Å². The number of nitrogens with one attached hydrogen (secondary N) is 3. The zero-order valence-electron chi connectivity index (χ0n) is 17.3. The van der Waals surface area contributed by atoms with E-state index in [2.05, 4.69) is 30.3 Å². The monoisotopic (exact) mass is 484 g/mol. The maximum Gasteiger partial charge on any atom is 0.261 e. The lowest BCUT2D eigenvalue weighted by atomic mass is 10.3. The summed E-state index contributed by atoms with van der Waals surface area (Å²) in [6, 6.07) is 15.3. The number of hydrogen-bond acceptors (Lipinski definition) is 7. The molecular weight excluding hydrogens is 467 g/mol. The summed E-state index contributed by atoms with van der Waals surface area (Å²) in [6.07, 6.45) is 3.12. The second kappa shape index (κ2) is 9.39. The Morgan fingerprint density at radius 2 is 1.48 bits per heavy atom. The molecule has 0 fully saturated rings. The Hall–Kier alpha value is -3.76. The maximum atomic E-state index is 13.3. The largest absolute Gasteiger partial charge is 0.340 e. The van der Waals surface area contributed by atoms with Crippen molar-refractivity contribution in [3.8, 4) is 0 Å². The van der Waals surface area contributed by atoms with Crippen molar-refractivity contribution in [3.05, 3.63) is 89.6 Å². The molecule has 0 unspecified atom stereocenters. The van der Waals surface area contributed by atoms with E-state index in [1.807, 2.05) is 19.1 Å². The van der Waals surface area contributed by atoms with Gasteiger partial charge in [-0.15, -0.1) is 0 Å². The molecule has 3 N–H and O–H groups in total. The predicted octanol–water partition coefficient (Wildman–Crippen LogP) is 5.26. The number of nitrogens with zero attached hydrogens (tertiary/aromatic N) is 3. The highest BCUT2D eigenvalue weighted by Gasteiger charge is 2.16. The number of aryl methyl sites for hydroxylation is 1. The normalized spacial score (nSPS) is 11.1. The van der Waals surface area contributed by atoms with Gasteiger partial charge in [-0.25, -0.2) is 27.8 Å². The van der Waals surface area contributed by atoms with E-state index in [-0.39, 0.29) is 9.92 Å². The zero-order valence-corrected chi connectivity index (χ0v) is 18.8. The van der Waals surface area contributed by atoms with E-state index >= 15 is 0 Å². The fourth-order valence-electron chi connectivity index (χ4n) is 2.86. The third-order valence-electron chi connectivity index (χ3n) is 4.45. The van der Waals surface area contributed by atoms with Gasteiger partial charge >= 0.3 is 0 Å². The first kappa shape index (κ1) is 22.4. The lowest BCUT2D eigenvalue weighted by Gasteiger charge is -2.11. The lowest BCUT2D eigenvalue weighted by molar-refractivity contribution is 0.599. The molecule has 33 heavy (non-hydrogen) atoms. The van der Waals surface area contributed by atoms with Crippen molar-refractivity contribution in [1.82, 2.24) is 15.0 Å². The first-order valence-electron chi connectivity index (χ1n) is 9.65. The molecule has 11 heteroatoms. The summed E-state index contributed by atoms with van der Waals surface area (Å²) in [6.45, 7) is 1.97. The molecule has 2 heterocycles. The SMILES string of the molecule is Cc1ccnc(Nc2cc(Nc3ccc(NS(=O)(=O)c4ccc(F)c(Cl)c4)cc3)ncn2)c1. The topological polar surface area (TPSA) is 109 Å². The van der Waals surface area contributed by atoms with Gasteiger partial charge < -0.3 is 10.6 Å². The van der Waals surface area contributed by atoms with Crippen LogP contribution >= 0.6 is 11.6 Å². The Morgan fingerprint density at radius 1 is 0.818 bits per heavy atom. The van der Waals surface area contributed by atoms with Crippen LogP contribution in [0.1, 0.15) is 5.56 Å². The predicted molar refractivity (Wildman–Crippen MR) is 126 cm³/mol. The van der Waals surface area contributed by atoms with Gasteiger partial charge in [-0.3, -0.25) is 4.72 Å². The van der Waals surface area contributed by atoms with Crippen molar-refractivity contribution in [2.45, 2.75) is 11.8 Å². The number of anilines is 5. The van der Waals surface area contributed by atoms with Crippen LogP contribution in [0.5, 0.6) is 0 Å². The molecule has 168 valence electrons. The molecule has 2 aromatic carbocycles. The molecule has 0 saturated carbocycles. The van der Waals surface area contributed by atoms with E-state index in [0.29, 0.717) is 28.8 Å². The van der Waals surface area contributed by atoms with E-state index in [1.54, 1.807) is 36.5 Å². The van der Waals surface area contributed by atoms with Gasteiger partial charge in [-0.2, -0.15) is 0 Å². The van der Waals surface area contributed by atoms with Crippen molar-refractivity contribution < 1.29 is 12.8 Å². The standard InChI is InChI=1S/C22H18ClFN6O2S/c1-14-8-9-25-20(10-14)29-22-12-21(26-13-27-22)28-15-2-4-16(5-3-15)30-33(31,32)17-6-7-19(24)18(23)11-17/h2-13,30H,1H3,(H2,25,26,27,28,29). The van der Waals surface area contributed by atoms with Crippen LogP contribution in [0.4, 0.5) is 33.2 Å². The highest BCUT2D eigenvalue weighted by Crippen LogP contribution is 2.24. The van der Waals surface area contributed by atoms with Crippen LogP contribution in [0, 0.1) is 12.7 Å². The van der Waals surface area contributed by atoms with Crippen LogP contribution in [-0.2, 0) is 10.0 Å². The molecule has 0 aliphatic heterocycles. The summed E-state index contributed by atoms with van der Waals surface area (Å²) in [5.74, 6) is 1.07. The Labute approximate surface area is 195 Å². The fourth-order valence-corrected chi connectivity index (χ4v) is 4.19. The molecule has 0 radical (unpaired) electrons. The maximum absolute atomic E-state index is 13.3. The second-order valence-corrected chi connectivity index (χ2v) is 9.11. The average molecular weight is 485 g/mol. The van der Waals surface area contributed by atoms with Crippen LogP contribution < -0.4 is 15.4 Å². The van der Waals surface area contributed by atoms with E-state index in [9.17, 15) is 12.8 Å². The van der Waals surface area contributed by atoms with Crippen LogP contribution in [0.2, 0.25) is 5.02 Å². The number of rotatable bonds is 7. The quantitative estimate of drug-likeness (QED) is 0.328. The van der Waals surface area contributed by atoms with Crippen LogP contribution in [-0.4, -0.2) is 23.4 Å². The summed E-state index contributed by atoms with van der Waals surface area (Å²) >= 11 is 5.69. The molecule has 0 spiro atoms. The van der Waals surface area contributed by atoms with Gasteiger partial charge in [0.1, 0.15) is 29.6 Å². The van der Waals surface area contributed by atoms with E-state index in [0.717, 1.165) is 23.8 Å². The van der Waals surface area contributed by atoms with Crippen molar-refractivity contribution in [2.24, 2.45) is 0 Å². The number of hydrogen-bond donors (Lipinski definition) is 3. The molecule has 0 aliphatic rings. The highest BCUT2D eigenvalue weighted by atomic mass is 35.5. The molecule has 0 saturated heterocycles. The summed E-state index contributed by atoms with van der Waals surface area (Å²) < 4.78 is 40.8. The van der Waals surface area contributed by atoms with Gasteiger partial charge in [0.25, 0.3) is 10.0 Å².